The van der Waals surface area contributed by atoms with E-state index in [0.717, 1.165) is 6.54 Å². The van der Waals surface area contributed by atoms with Crippen molar-refractivity contribution in [3.05, 3.63) is 0 Å². The van der Waals surface area contributed by atoms with Crippen LogP contribution in [0.1, 0.15) is 25.7 Å². The minimum atomic E-state index is 0.521. The smallest absolute Gasteiger partial charge is 0.00692 e. The number of hydrogen-bond acceptors (Lipinski definition) is 3. The zero-order valence-electron chi connectivity index (χ0n) is 9.59. The van der Waals surface area contributed by atoms with Crippen molar-refractivity contribution >= 4 is 11.8 Å². The maximum atomic E-state index is 5.83. The van der Waals surface area contributed by atoms with Gasteiger partial charge in [-0.05, 0) is 51.1 Å². The van der Waals surface area contributed by atoms with Crippen LogP contribution in [0, 0.1) is 5.41 Å². The number of nitrogens with zero attached hydrogens (tertiary/aromatic N) is 1. The summed E-state index contributed by atoms with van der Waals surface area (Å²) >= 11 is 1.92. The largest absolute Gasteiger partial charge is 0.330 e. The van der Waals surface area contributed by atoms with Crippen molar-refractivity contribution in [2.75, 3.05) is 38.7 Å². The molecule has 1 aliphatic rings. The number of hydrogen-bond donors (Lipinski definition) is 1. The molecule has 3 heteroatoms. The molecule has 0 heterocycles. The Bertz CT molecular complexity index is 152. The van der Waals surface area contributed by atoms with E-state index in [4.69, 9.17) is 5.73 Å². The summed E-state index contributed by atoms with van der Waals surface area (Å²) in [6, 6.07) is 0. The first-order valence-corrected chi connectivity index (χ1v) is 6.99. The number of thioether (sulfide) groups is 1. The van der Waals surface area contributed by atoms with E-state index in [1.165, 1.54) is 44.5 Å². The molecule has 0 saturated heterocycles. The molecule has 0 aromatic carbocycles. The van der Waals surface area contributed by atoms with Gasteiger partial charge >= 0.3 is 0 Å². The summed E-state index contributed by atoms with van der Waals surface area (Å²) in [5.74, 6) is 1.24. The van der Waals surface area contributed by atoms with Gasteiger partial charge in [0.05, 0.1) is 0 Å². The summed E-state index contributed by atoms with van der Waals surface area (Å²) < 4.78 is 0. The summed E-state index contributed by atoms with van der Waals surface area (Å²) in [6.45, 7) is 3.32. The molecule has 2 N–H and O–H groups in total. The Balaban J connectivity index is 2.12. The normalized spacial score (nSPS) is 19.7. The van der Waals surface area contributed by atoms with Gasteiger partial charge in [0.2, 0.25) is 0 Å². The second-order valence-electron chi connectivity index (χ2n) is 4.60. The van der Waals surface area contributed by atoms with Crippen molar-refractivity contribution in [2.45, 2.75) is 25.7 Å². The zero-order valence-corrected chi connectivity index (χ0v) is 10.4. The molecule has 0 atom stereocenters. The molecule has 14 heavy (non-hydrogen) atoms. The Morgan fingerprint density at radius 2 is 2.07 bits per heavy atom. The fraction of sp³-hybridized carbons (Fsp3) is 1.00. The molecule has 0 aromatic heterocycles. The van der Waals surface area contributed by atoms with Crippen molar-refractivity contribution in [3.8, 4) is 0 Å². The molecule has 0 aromatic rings. The second-order valence-corrected chi connectivity index (χ2v) is 5.59. The Kier molecular flexibility index (Phi) is 5.28. The van der Waals surface area contributed by atoms with Gasteiger partial charge in [0.15, 0.2) is 0 Å². The van der Waals surface area contributed by atoms with Crippen molar-refractivity contribution < 1.29 is 0 Å². The number of rotatable bonds is 7. The van der Waals surface area contributed by atoms with Gasteiger partial charge in [-0.1, -0.05) is 6.42 Å². The molecule has 0 amide bonds. The molecule has 1 aliphatic carbocycles. The molecule has 1 rings (SSSR count). The molecule has 84 valence electrons. The number of nitrogens with two attached hydrogens (primary N) is 1. The van der Waals surface area contributed by atoms with E-state index in [9.17, 15) is 0 Å². The van der Waals surface area contributed by atoms with E-state index in [-0.39, 0.29) is 0 Å². The van der Waals surface area contributed by atoms with Crippen LogP contribution >= 0.6 is 11.8 Å². The molecular formula is C11H24N2S. The van der Waals surface area contributed by atoms with Gasteiger partial charge in [0, 0.05) is 12.3 Å². The fourth-order valence-corrected chi connectivity index (χ4v) is 2.51. The molecule has 0 unspecified atom stereocenters. The third-order valence-corrected chi connectivity index (χ3v) is 4.14. The summed E-state index contributed by atoms with van der Waals surface area (Å²) in [5.41, 5.74) is 6.35. The Hall–Kier alpha value is 0.270. The van der Waals surface area contributed by atoms with Crippen molar-refractivity contribution in [2.24, 2.45) is 11.1 Å². The predicted octanol–water partition coefficient (Wildman–Crippen LogP) is 1.80. The van der Waals surface area contributed by atoms with Gasteiger partial charge in [-0.3, -0.25) is 0 Å². The van der Waals surface area contributed by atoms with Crippen LogP contribution in [0.2, 0.25) is 0 Å². The van der Waals surface area contributed by atoms with Gasteiger partial charge in [-0.25, -0.2) is 0 Å². The SMILES string of the molecule is CSCCN(C)CCC1(CN)CCC1. The molecule has 0 radical (unpaired) electrons. The van der Waals surface area contributed by atoms with Crippen molar-refractivity contribution in [1.29, 1.82) is 0 Å². The lowest BCUT2D eigenvalue weighted by molar-refractivity contribution is 0.113. The van der Waals surface area contributed by atoms with Crippen LogP contribution in [0.15, 0.2) is 0 Å². The average Bonchev–Trinajstić information content (AvgIpc) is 2.14. The molecule has 2 nitrogen and oxygen atoms in total. The minimum Gasteiger partial charge on any atom is -0.330 e. The lowest BCUT2D eigenvalue weighted by Gasteiger charge is -2.42. The second kappa shape index (κ2) is 5.99. The maximum absolute atomic E-state index is 5.83. The first-order valence-electron chi connectivity index (χ1n) is 5.60. The van der Waals surface area contributed by atoms with Gasteiger partial charge in [-0.15, -0.1) is 0 Å². The van der Waals surface area contributed by atoms with Crippen molar-refractivity contribution in [3.63, 3.8) is 0 Å². The van der Waals surface area contributed by atoms with Crippen LogP contribution in [-0.4, -0.2) is 43.6 Å². The lowest BCUT2D eigenvalue weighted by atomic mass is 9.67. The fourth-order valence-electron chi connectivity index (χ4n) is 2.02. The summed E-state index contributed by atoms with van der Waals surface area (Å²) in [4.78, 5) is 2.44. The van der Waals surface area contributed by atoms with Gasteiger partial charge < -0.3 is 10.6 Å². The highest BCUT2D eigenvalue weighted by atomic mass is 32.2. The lowest BCUT2D eigenvalue weighted by Crippen LogP contribution is -2.40. The van der Waals surface area contributed by atoms with E-state index in [0.29, 0.717) is 5.41 Å². The van der Waals surface area contributed by atoms with Crippen LogP contribution < -0.4 is 5.73 Å². The monoisotopic (exact) mass is 216 g/mol. The highest BCUT2D eigenvalue weighted by molar-refractivity contribution is 7.98. The van der Waals surface area contributed by atoms with E-state index >= 15 is 0 Å². The van der Waals surface area contributed by atoms with Crippen LogP contribution in [0.25, 0.3) is 0 Å². The highest BCUT2D eigenvalue weighted by Crippen LogP contribution is 2.42. The molecule has 0 aliphatic heterocycles. The standard InChI is InChI=1S/C11H24N2S/c1-13(8-9-14-2)7-6-11(10-12)4-3-5-11/h3-10,12H2,1-2H3. The topological polar surface area (TPSA) is 29.3 Å². The third kappa shape index (κ3) is 3.44. The Morgan fingerprint density at radius 1 is 1.36 bits per heavy atom. The van der Waals surface area contributed by atoms with Crippen molar-refractivity contribution in [1.82, 2.24) is 4.90 Å². The Labute approximate surface area is 92.6 Å². The highest BCUT2D eigenvalue weighted by Gasteiger charge is 2.34. The molecule has 1 fully saturated rings. The molecule has 1 saturated carbocycles. The maximum Gasteiger partial charge on any atom is 0.00692 e. The first kappa shape index (κ1) is 12.3. The van der Waals surface area contributed by atoms with Gasteiger partial charge in [0.1, 0.15) is 0 Å². The van der Waals surface area contributed by atoms with Crippen LogP contribution in [0.4, 0.5) is 0 Å². The van der Waals surface area contributed by atoms with Gasteiger partial charge in [-0.2, -0.15) is 11.8 Å². The van der Waals surface area contributed by atoms with E-state index in [2.05, 4.69) is 18.2 Å². The average molecular weight is 216 g/mol. The summed E-state index contributed by atoms with van der Waals surface area (Å²) in [5, 5.41) is 0. The van der Waals surface area contributed by atoms with E-state index < -0.39 is 0 Å². The summed E-state index contributed by atoms with van der Waals surface area (Å²) in [7, 11) is 2.22. The minimum absolute atomic E-state index is 0.521. The third-order valence-electron chi connectivity index (χ3n) is 3.55. The van der Waals surface area contributed by atoms with Crippen LogP contribution in [0.5, 0.6) is 0 Å². The molecular weight excluding hydrogens is 192 g/mol. The first-order chi connectivity index (χ1) is 6.72. The van der Waals surface area contributed by atoms with E-state index in [1.807, 2.05) is 11.8 Å². The Morgan fingerprint density at radius 3 is 2.50 bits per heavy atom. The quantitative estimate of drug-likeness (QED) is 0.703. The molecule has 0 spiro atoms. The summed E-state index contributed by atoms with van der Waals surface area (Å²) in [6.07, 6.45) is 7.58. The zero-order chi connectivity index (χ0) is 10.4. The van der Waals surface area contributed by atoms with E-state index in [1.54, 1.807) is 0 Å². The molecule has 0 bridgehead atoms. The van der Waals surface area contributed by atoms with Crippen LogP contribution in [-0.2, 0) is 0 Å². The van der Waals surface area contributed by atoms with Gasteiger partial charge in [0.25, 0.3) is 0 Å². The predicted molar refractivity (Wildman–Crippen MR) is 65.8 cm³/mol. The van der Waals surface area contributed by atoms with Crippen LogP contribution in [0.3, 0.4) is 0 Å².